The summed E-state index contributed by atoms with van der Waals surface area (Å²) in [7, 11) is 0. The third-order valence-electron chi connectivity index (χ3n) is 11.9. The van der Waals surface area contributed by atoms with Crippen LogP contribution in [0.3, 0.4) is 0 Å². The molecule has 0 saturated carbocycles. The molecule has 0 fully saturated rings. The van der Waals surface area contributed by atoms with Crippen molar-refractivity contribution in [2.45, 2.75) is 0 Å². The van der Waals surface area contributed by atoms with Gasteiger partial charge in [-0.25, -0.2) is 0 Å². The van der Waals surface area contributed by atoms with Crippen molar-refractivity contribution in [1.29, 1.82) is 0 Å². The van der Waals surface area contributed by atoms with Crippen LogP contribution in [0.15, 0.2) is 194 Å². The highest BCUT2D eigenvalue weighted by atomic mass is 14.2. The third kappa shape index (κ3) is 4.20. The quantitative estimate of drug-likeness (QED) is 0.162. The van der Waals surface area contributed by atoms with Crippen molar-refractivity contribution in [1.82, 2.24) is 0 Å². The van der Waals surface area contributed by atoms with Gasteiger partial charge in [-0.1, -0.05) is 182 Å². The Kier molecular flexibility index (Phi) is 6.15. The maximum Gasteiger partial charge on any atom is -0.00206 e. The molecule has 0 spiro atoms. The average Bonchev–Trinajstić information content (AvgIpc) is 3.24. The highest BCUT2D eigenvalue weighted by Gasteiger charge is 2.21. The van der Waals surface area contributed by atoms with Crippen LogP contribution in [0.5, 0.6) is 0 Å². The van der Waals surface area contributed by atoms with E-state index in [4.69, 9.17) is 0 Å². The van der Waals surface area contributed by atoms with Crippen molar-refractivity contribution >= 4 is 75.4 Å². The van der Waals surface area contributed by atoms with Crippen LogP contribution in [0.4, 0.5) is 0 Å². The molecular formula is C54H32. The topological polar surface area (TPSA) is 0 Å². The van der Waals surface area contributed by atoms with Gasteiger partial charge in [-0.15, -0.1) is 0 Å². The minimum Gasteiger partial charge on any atom is -0.0622 e. The molecule has 0 heteroatoms. The molecule has 0 N–H and O–H groups in total. The van der Waals surface area contributed by atoms with Gasteiger partial charge in [0.2, 0.25) is 0 Å². The molecule has 0 aromatic heterocycles. The highest BCUT2D eigenvalue weighted by molar-refractivity contribution is 6.27. The second-order valence-electron chi connectivity index (χ2n) is 14.8. The predicted molar refractivity (Wildman–Crippen MR) is 233 cm³/mol. The fourth-order valence-electron chi connectivity index (χ4n) is 9.56. The molecule has 0 unspecified atom stereocenters. The molecule has 0 radical (unpaired) electrons. The van der Waals surface area contributed by atoms with Crippen molar-refractivity contribution < 1.29 is 0 Å². The second kappa shape index (κ2) is 11.2. The van der Waals surface area contributed by atoms with Gasteiger partial charge in [-0.3, -0.25) is 0 Å². The molecule has 0 heterocycles. The molecule has 0 bridgehead atoms. The van der Waals surface area contributed by atoms with Gasteiger partial charge in [0, 0.05) is 0 Å². The third-order valence-corrected chi connectivity index (χ3v) is 11.9. The summed E-state index contributed by atoms with van der Waals surface area (Å²) in [6.45, 7) is 0. The van der Waals surface area contributed by atoms with Crippen molar-refractivity contribution in [2.75, 3.05) is 0 Å². The first-order valence-electron chi connectivity index (χ1n) is 18.8. The summed E-state index contributed by atoms with van der Waals surface area (Å²) in [6, 6.07) is 72.6. The molecular weight excluding hydrogens is 649 g/mol. The van der Waals surface area contributed by atoms with Crippen LogP contribution in [0.1, 0.15) is 0 Å². The van der Waals surface area contributed by atoms with E-state index in [2.05, 4.69) is 194 Å². The number of benzene rings is 12. The van der Waals surface area contributed by atoms with Gasteiger partial charge >= 0.3 is 0 Å². The summed E-state index contributed by atoms with van der Waals surface area (Å²) in [5, 5.41) is 18.2. The van der Waals surface area contributed by atoms with Crippen molar-refractivity contribution in [3.63, 3.8) is 0 Å². The fourth-order valence-corrected chi connectivity index (χ4v) is 9.56. The predicted octanol–water partition coefficient (Wildman–Crippen LogP) is 15.3. The fraction of sp³-hybridized carbons (Fsp3) is 0. The first-order valence-corrected chi connectivity index (χ1v) is 18.8. The molecule has 12 aromatic carbocycles. The van der Waals surface area contributed by atoms with Crippen LogP contribution < -0.4 is 0 Å². The minimum atomic E-state index is 1.21. The first kappa shape index (κ1) is 29.5. The molecule has 54 heavy (non-hydrogen) atoms. The molecule has 0 atom stereocenters. The van der Waals surface area contributed by atoms with Gasteiger partial charge in [0.1, 0.15) is 0 Å². The summed E-state index contributed by atoms with van der Waals surface area (Å²) in [4.78, 5) is 0. The standard InChI is InChI=1S/C54H32/c1-2-9-33(10-3-1)43-17-8-18-46(44-27-23-38-21-19-34-12-6-14-36-25-29-47(44)53(38)50(34)36)52(43)41-31-40-11-4-5-16-42(40)49(32-41)45-28-24-39-22-20-35-13-7-15-37-26-30-48(45)54(39)51(35)37/h1-32H. The summed E-state index contributed by atoms with van der Waals surface area (Å²) >= 11 is 0. The normalized spacial score (nSPS) is 12.1. The van der Waals surface area contributed by atoms with E-state index in [0.29, 0.717) is 0 Å². The van der Waals surface area contributed by atoms with E-state index >= 15 is 0 Å². The Morgan fingerprint density at radius 3 is 1.30 bits per heavy atom. The number of rotatable bonds is 4. The van der Waals surface area contributed by atoms with Crippen LogP contribution >= 0.6 is 0 Å². The molecule has 0 nitrogen and oxygen atoms in total. The van der Waals surface area contributed by atoms with Crippen molar-refractivity contribution in [2.24, 2.45) is 0 Å². The van der Waals surface area contributed by atoms with Gasteiger partial charge in [0.15, 0.2) is 0 Å². The number of fused-ring (bicyclic) bond motifs is 1. The molecule has 12 rings (SSSR count). The van der Waals surface area contributed by atoms with Crippen LogP contribution in [0.2, 0.25) is 0 Å². The van der Waals surface area contributed by atoms with E-state index in [1.54, 1.807) is 0 Å². The monoisotopic (exact) mass is 680 g/mol. The van der Waals surface area contributed by atoms with Crippen LogP contribution in [-0.2, 0) is 0 Å². The SMILES string of the molecule is c1ccc(-c2cccc(-c3ccc4ccc5cccc6ccc3c4c56)c2-c2cc(-c3ccc4ccc5cccc6ccc3c4c56)c3ccccc3c2)cc1. The van der Waals surface area contributed by atoms with Gasteiger partial charge in [-0.05, 0) is 132 Å². The minimum absolute atomic E-state index is 1.21. The van der Waals surface area contributed by atoms with E-state index < -0.39 is 0 Å². The zero-order valence-electron chi connectivity index (χ0n) is 29.5. The molecule has 0 amide bonds. The lowest BCUT2D eigenvalue weighted by atomic mass is 9.82. The van der Waals surface area contributed by atoms with Crippen LogP contribution in [0.25, 0.3) is 120 Å². The summed E-state index contributed by atoms with van der Waals surface area (Å²) in [6.07, 6.45) is 0. The lowest BCUT2D eigenvalue weighted by Crippen LogP contribution is -1.94. The van der Waals surface area contributed by atoms with Crippen LogP contribution in [0, 0.1) is 0 Å². The van der Waals surface area contributed by atoms with Crippen molar-refractivity contribution in [3.8, 4) is 44.5 Å². The summed E-state index contributed by atoms with van der Waals surface area (Å²) in [5.41, 5.74) is 9.93. The van der Waals surface area contributed by atoms with Crippen LogP contribution in [-0.4, -0.2) is 0 Å². The molecule has 12 aromatic rings. The summed E-state index contributed by atoms with van der Waals surface area (Å²) < 4.78 is 0. The Balaban J connectivity index is 1.19. The van der Waals surface area contributed by atoms with E-state index in [1.165, 1.54) is 120 Å². The molecule has 248 valence electrons. The Bertz CT molecular complexity index is 3390. The molecule has 0 aliphatic heterocycles. The second-order valence-corrected chi connectivity index (χ2v) is 14.8. The largest absolute Gasteiger partial charge is 0.0622 e. The van der Waals surface area contributed by atoms with Gasteiger partial charge in [-0.2, -0.15) is 0 Å². The molecule has 0 saturated heterocycles. The number of hydrogen-bond acceptors (Lipinski definition) is 0. The lowest BCUT2D eigenvalue weighted by molar-refractivity contribution is 1.58. The van der Waals surface area contributed by atoms with Gasteiger partial charge in [0.05, 0.1) is 0 Å². The highest BCUT2D eigenvalue weighted by Crippen LogP contribution is 2.48. The lowest BCUT2D eigenvalue weighted by Gasteiger charge is -2.21. The zero-order chi connectivity index (χ0) is 35.3. The maximum atomic E-state index is 2.47. The Labute approximate surface area is 312 Å². The Hall–Kier alpha value is -7.02. The first-order chi connectivity index (χ1) is 26.8. The van der Waals surface area contributed by atoms with E-state index in [1.807, 2.05) is 0 Å². The van der Waals surface area contributed by atoms with E-state index in [9.17, 15) is 0 Å². The van der Waals surface area contributed by atoms with Crippen molar-refractivity contribution in [3.05, 3.63) is 194 Å². The zero-order valence-corrected chi connectivity index (χ0v) is 29.5. The Morgan fingerprint density at radius 1 is 0.204 bits per heavy atom. The van der Waals surface area contributed by atoms with E-state index in [0.717, 1.165) is 0 Å². The number of hydrogen-bond donors (Lipinski definition) is 0. The van der Waals surface area contributed by atoms with Gasteiger partial charge < -0.3 is 0 Å². The average molecular weight is 681 g/mol. The smallest absolute Gasteiger partial charge is 0.00206 e. The summed E-state index contributed by atoms with van der Waals surface area (Å²) in [5.74, 6) is 0. The molecule has 0 aliphatic rings. The Morgan fingerprint density at radius 2 is 0.667 bits per heavy atom. The maximum absolute atomic E-state index is 2.47. The van der Waals surface area contributed by atoms with Gasteiger partial charge in [0.25, 0.3) is 0 Å². The van der Waals surface area contributed by atoms with E-state index in [-0.39, 0.29) is 0 Å². The molecule has 0 aliphatic carbocycles.